The Morgan fingerprint density at radius 2 is 1.46 bits per heavy atom. The van der Waals surface area contributed by atoms with E-state index in [1.165, 1.54) is 32.1 Å². The van der Waals surface area contributed by atoms with Crippen molar-refractivity contribution in [3.63, 3.8) is 0 Å². The predicted octanol–water partition coefficient (Wildman–Crippen LogP) is 2.25. The summed E-state index contributed by atoms with van der Waals surface area (Å²) in [7, 11) is 0. The van der Waals surface area contributed by atoms with Gasteiger partial charge in [0, 0.05) is 19.5 Å². The smallest absolute Gasteiger partial charge is 0.323 e. The van der Waals surface area contributed by atoms with E-state index >= 15 is 0 Å². The average molecular weight is 403 g/mol. The minimum Gasteiger partial charge on any atom is -0.481 e. The van der Waals surface area contributed by atoms with Crippen molar-refractivity contribution in [2.45, 2.75) is 83.6 Å². The molecule has 0 bridgehead atoms. The summed E-state index contributed by atoms with van der Waals surface area (Å²) in [4.78, 5) is 36.0. The van der Waals surface area contributed by atoms with E-state index in [1.807, 2.05) is 0 Å². The van der Waals surface area contributed by atoms with Crippen molar-refractivity contribution in [3.8, 4) is 0 Å². The third-order valence-corrected chi connectivity index (χ3v) is 4.64. The summed E-state index contributed by atoms with van der Waals surface area (Å²) >= 11 is 0. The molecule has 0 heterocycles. The van der Waals surface area contributed by atoms with E-state index in [1.54, 1.807) is 0 Å². The second kappa shape index (κ2) is 17.4. The molecule has 0 saturated heterocycles. The van der Waals surface area contributed by atoms with E-state index in [-0.39, 0.29) is 38.4 Å². The number of carbonyl (C=O) groups is 3. The number of hydrogen-bond acceptors (Lipinski definition) is 5. The minimum atomic E-state index is -1.17. The van der Waals surface area contributed by atoms with Crippen LogP contribution in [0.4, 0.5) is 0 Å². The largest absolute Gasteiger partial charge is 0.481 e. The number of unbranched alkanes of at least 4 members (excludes halogenated alkanes) is 8. The molecule has 0 aromatic carbocycles. The summed E-state index contributed by atoms with van der Waals surface area (Å²) < 4.78 is 0. The topological polar surface area (TPSA) is 127 Å². The van der Waals surface area contributed by atoms with Gasteiger partial charge in [-0.05, 0) is 6.42 Å². The highest BCUT2D eigenvalue weighted by atomic mass is 16.4. The molecule has 8 heteroatoms. The van der Waals surface area contributed by atoms with Gasteiger partial charge in [-0.3, -0.25) is 14.4 Å². The third kappa shape index (κ3) is 14.4. The van der Waals surface area contributed by atoms with Gasteiger partial charge in [0.15, 0.2) is 0 Å². The Balaban J connectivity index is 4.44. The van der Waals surface area contributed by atoms with Crippen molar-refractivity contribution in [2.24, 2.45) is 0 Å². The lowest BCUT2D eigenvalue weighted by Crippen LogP contribution is -2.49. The highest BCUT2D eigenvalue weighted by Crippen LogP contribution is 2.13. The Kier molecular flexibility index (Phi) is 16.4. The summed E-state index contributed by atoms with van der Waals surface area (Å²) in [6.07, 6.45) is 9.89. The van der Waals surface area contributed by atoms with Crippen molar-refractivity contribution in [1.29, 1.82) is 0 Å². The fourth-order valence-electron chi connectivity index (χ4n) is 3.14. The van der Waals surface area contributed by atoms with E-state index in [9.17, 15) is 14.4 Å². The van der Waals surface area contributed by atoms with Gasteiger partial charge in [-0.25, -0.2) is 0 Å². The molecule has 28 heavy (non-hydrogen) atoms. The van der Waals surface area contributed by atoms with E-state index in [2.05, 4.69) is 12.2 Å². The molecule has 0 rings (SSSR count). The molecule has 0 aliphatic carbocycles. The molecule has 8 nitrogen and oxygen atoms in total. The number of carboxylic acids is 2. The molecule has 0 aromatic rings. The molecular formula is C20H38N2O6. The number of carbonyl (C=O) groups excluding carboxylic acids is 1. The number of carboxylic acid groups (broad SMARTS) is 2. The summed E-state index contributed by atoms with van der Waals surface area (Å²) in [6, 6.07) is -0.758. The molecule has 0 radical (unpaired) electrons. The highest BCUT2D eigenvalue weighted by molar-refractivity contribution is 5.82. The lowest BCUT2D eigenvalue weighted by Gasteiger charge is -2.30. The second-order valence-electron chi connectivity index (χ2n) is 7.17. The van der Waals surface area contributed by atoms with Gasteiger partial charge in [0.25, 0.3) is 0 Å². The first-order valence-corrected chi connectivity index (χ1v) is 10.5. The number of aliphatic hydroxyl groups is 1. The quantitative estimate of drug-likeness (QED) is 0.244. The van der Waals surface area contributed by atoms with Crippen LogP contribution in [0.3, 0.4) is 0 Å². The molecule has 1 unspecified atom stereocenters. The second-order valence-corrected chi connectivity index (χ2v) is 7.17. The first kappa shape index (κ1) is 26.3. The van der Waals surface area contributed by atoms with Gasteiger partial charge in [-0.1, -0.05) is 58.3 Å². The zero-order chi connectivity index (χ0) is 21.2. The number of nitrogens with zero attached hydrogens (tertiary/aromatic N) is 1. The first-order valence-electron chi connectivity index (χ1n) is 10.5. The molecule has 4 N–H and O–H groups in total. The van der Waals surface area contributed by atoms with Crippen molar-refractivity contribution in [2.75, 3.05) is 26.2 Å². The van der Waals surface area contributed by atoms with Crippen LogP contribution in [0.15, 0.2) is 0 Å². The summed E-state index contributed by atoms with van der Waals surface area (Å²) in [5.74, 6) is -2.59. The van der Waals surface area contributed by atoms with Gasteiger partial charge in [-0.2, -0.15) is 0 Å². The molecule has 0 spiro atoms. The van der Waals surface area contributed by atoms with Gasteiger partial charge in [0.2, 0.25) is 5.91 Å². The maximum absolute atomic E-state index is 12.5. The highest BCUT2D eigenvalue weighted by Gasteiger charge is 2.27. The number of hydrogen-bond donors (Lipinski definition) is 4. The van der Waals surface area contributed by atoms with Gasteiger partial charge in [0.1, 0.15) is 6.54 Å². The fraction of sp³-hybridized carbons (Fsp3) is 0.850. The van der Waals surface area contributed by atoms with Crippen molar-refractivity contribution < 1.29 is 29.7 Å². The molecule has 1 atom stereocenters. The molecule has 1 amide bonds. The standard InChI is InChI=1S/C20H38N2O6/c1-2-3-4-5-6-7-8-9-10-11-18(24)22(16-20(27)28)17(14-19(25)26)15-21-12-13-23/h17,21,23H,2-16H2,1H3,(H,25,26)(H,27,28). The van der Waals surface area contributed by atoms with Crippen LogP contribution in [0.25, 0.3) is 0 Å². The first-order chi connectivity index (χ1) is 13.4. The van der Waals surface area contributed by atoms with Crippen LogP contribution in [-0.2, 0) is 14.4 Å². The molecule has 0 aliphatic rings. The number of amides is 1. The predicted molar refractivity (Wildman–Crippen MR) is 107 cm³/mol. The van der Waals surface area contributed by atoms with Crippen molar-refractivity contribution in [3.05, 3.63) is 0 Å². The number of aliphatic hydroxyl groups excluding tert-OH is 1. The van der Waals surface area contributed by atoms with E-state index in [0.717, 1.165) is 24.2 Å². The molecular weight excluding hydrogens is 364 g/mol. The Morgan fingerprint density at radius 1 is 0.893 bits per heavy atom. The molecule has 0 saturated carbocycles. The lowest BCUT2D eigenvalue weighted by molar-refractivity contribution is -0.148. The SMILES string of the molecule is CCCCCCCCCCCC(=O)N(CC(=O)O)C(CNCCO)CC(=O)O. The van der Waals surface area contributed by atoms with Crippen LogP contribution in [-0.4, -0.2) is 70.3 Å². The number of aliphatic carboxylic acids is 2. The maximum atomic E-state index is 12.5. The molecule has 0 aliphatic heterocycles. The van der Waals surface area contributed by atoms with E-state index < -0.39 is 24.5 Å². The Hall–Kier alpha value is -1.67. The summed E-state index contributed by atoms with van der Waals surface area (Å²) in [6.45, 7) is 1.93. The maximum Gasteiger partial charge on any atom is 0.323 e. The molecule has 0 aromatic heterocycles. The van der Waals surface area contributed by atoms with Crippen molar-refractivity contribution in [1.82, 2.24) is 10.2 Å². The van der Waals surface area contributed by atoms with Crippen LogP contribution in [0.1, 0.15) is 77.6 Å². The van der Waals surface area contributed by atoms with Crippen molar-refractivity contribution >= 4 is 17.8 Å². The van der Waals surface area contributed by atoms with E-state index in [4.69, 9.17) is 15.3 Å². The van der Waals surface area contributed by atoms with Crippen LogP contribution < -0.4 is 5.32 Å². The Labute approximate surface area is 168 Å². The van der Waals surface area contributed by atoms with Crippen LogP contribution in [0.2, 0.25) is 0 Å². The van der Waals surface area contributed by atoms with Gasteiger partial charge >= 0.3 is 11.9 Å². The Bertz CT molecular complexity index is 444. The summed E-state index contributed by atoms with van der Waals surface area (Å²) in [5.41, 5.74) is 0. The zero-order valence-corrected chi connectivity index (χ0v) is 17.2. The normalized spacial score (nSPS) is 11.9. The van der Waals surface area contributed by atoms with Gasteiger partial charge in [0.05, 0.1) is 19.1 Å². The fourth-order valence-corrected chi connectivity index (χ4v) is 3.14. The summed E-state index contributed by atoms with van der Waals surface area (Å²) in [5, 5.41) is 29.9. The minimum absolute atomic E-state index is 0.120. The van der Waals surface area contributed by atoms with Crippen LogP contribution in [0.5, 0.6) is 0 Å². The molecule has 0 fully saturated rings. The number of rotatable bonds is 19. The average Bonchev–Trinajstić information content (AvgIpc) is 2.63. The third-order valence-electron chi connectivity index (χ3n) is 4.64. The monoisotopic (exact) mass is 402 g/mol. The lowest BCUT2D eigenvalue weighted by atomic mass is 10.1. The van der Waals surface area contributed by atoms with E-state index in [0.29, 0.717) is 6.42 Å². The van der Waals surface area contributed by atoms with Gasteiger partial charge in [-0.15, -0.1) is 0 Å². The Morgan fingerprint density at radius 3 is 1.96 bits per heavy atom. The number of nitrogens with one attached hydrogen (secondary N) is 1. The molecule has 164 valence electrons. The van der Waals surface area contributed by atoms with Crippen LogP contribution in [0, 0.1) is 0 Å². The van der Waals surface area contributed by atoms with Gasteiger partial charge < -0.3 is 25.5 Å². The zero-order valence-electron chi connectivity index (χ0n) is 17.2. The van der Waals surface area contributed by atoms with Crippen LogP contribution >= 0.6 is 0 Å².